The number of aliphatic hydroxyl groups excluding tert-OH is 1. The van der Waals surface area contributed by atoms with E-state index in [1.807, 2.05) is 18.2 Å². The fourth-order valence-corrected chi connectivity index (χ4v) is 2.40. The summed E-state index contributed by atoms with van der Waals surface area (Å²) in [6.45, 7) is 1.10. The summed E-state index contributed by atoms with van der Waals surface area (Å²) >= 11 is 0. The molecule has 1 aliphatic heterocycles. The average molecular weight is 237 g/mol. The second-order valence-corrected chi connectivity index (χ2v) is 4.28. The van der Waals surface area contributed by atoms with Gasteiger partial charge in [-0.05, 0) is 30.7 Å². The van der Waals surface area contributed by atoms with Gasteiger partial charge in [0.15, 0.2) is 0 Å². The van der Waals surface area contributed by atoms with Gasteiger partial charge in [-0.15, -0.1) is 0 Å². The Balaban J connectivity index is 2.30. The lowest BCUT2D eigenvalue weighted by molar-refractivity contribution is 0.245. The number of benzene rings is 1. The predicted octanol–water partition coefficient (Wildman–Crippen LogP) is 1.14. The Bertz CT molecular complexity index is 359. The first-order valence-corrected chi connectivity index (χ1v) is 5.85. The molecule has 2 rings (SSSR count). The molecule has 0 amide bonds. The maximum atomic E-state index is 9.33. The normalized spacial score (nSPS) is 23.7. The Labute approximate surface area is 102 Å². The first-order valence-electron chi connectivity index (χ1n) is 5.85. The van der Waals surface area contributed by atoms with Crippen molar-refractivity contribution in [2.24, 2.45) is 0 Å². The molecule has 1 saturated heterocycles. The van der Waals surface area contributed by atoms with Crippen LogP contribution >= 0.6 is 0 Å². The maximum absolute atomic E-state index is 9.33. The smallest absolute Gasteiger partial charge is 0.122 e. The Kier molecular flexibility index (Phi) is 3.86. The molecular formula is C13H19NO3. The Morgan fingerprint density at radius 3 is 2.41 bits per heavy atom. The molecule has 17 heavy (non-hydrogen) atoms. The third-order valence-corrected chi connectivity index (χ3v) is 3.35. The summed E-state index contributed by atoms with van der Waals surface area (Å²) in [6.07, 6.45) is 1.03. The van der Waals surface area contributed by atoms with Crippen LogP contribution < -0.4 is 14.8 Å². The van der Waals surface area contributed by atoms with Crippen molar-refractivity contribution >= 4 is 0 Å². The van der Waals surface area contributed by atoms with Crippen LogP contribution in [0.3, 0.4) is 0 Å². The van der Waals surface area contributed by atoms with Crippen LogP contribution in [0.25, 0.3) is 0 Å². The molecule has 0 aromatic heterocycles. The van der Waals surface area contributed by atoms with Crippen molar-refractivity contribution in [3.8, 4) is 11.5 Å². The largest absolute Gasteiger partial charge is 0.497 e. The van der Waals surface area contributed by atoms with Gasteiger partial charge in [-0.3, -0.25) is 0 Å². The standard InChI is InChI=1S/C13H19NO3/c1-16-10-5-9(6-11(7-10)17-2)12-3-4-14-13(12)8-15/h5-7,12-15H,3-4,8H2,1-2H3/t12-,13-/m0/s1. The number of nitrogens with one attached hydrogen (secondary N) is 1. The van der Waals surface area contributed by atoms with Crippen LogP contribution in [0.5, 0.6) is 11.5 Å². The number of rotatable bonds is 4. The highest BCUT2D eigenvalue weighted by molar-refractivity contribution is 5.40. The van der Waals surface area contributed by atoms with Gasteiger partial charge >= 0.3 is 0 Å². The molecule has 1 aromatic carbocycles. The third-order valence-electron chi connectivity index (χ3n) is 3.35. The highest BCUT2D eigenvalue weighted by Crippen LogP contribution is 2.33. The zero-order valence-corrected chi connectivity index (χ0v) is 10.3. The molecule has 0 spiro atoms. The maximum Gasteiger partial charge on any atom is 0.122 e. The number of ether oxygens (including phenoxy) is 2. The lowest BCUT2D eigenvalue weighted by Gasteiger charge is -2.19. The van der Waals surface area contributed by atoms with E-state index in [1.54, 1.807) is 14.2 Å². The summed E-state index contributed by atoms with van der Waals surface area (Å²) < 4.78 is 10.5. The number of hydrogen-bond acceptors (Lipinski definition) is 4. The average Bonchev–Trinajstić information content (AvgIpc) is 2.86. The van der Waals surface area contributed by atoms with Crippen LogP contribution in [0.4, 0.5) is 0 Å². The summed E-state index contributed by atoms with van der Waals surface area (Å²) in [5, 5.41) is 12.6. The van der Waals surface area contributed by atoms with Crippen molar-refractivity contribution in [2.45, 2.75) is 18.4 Å². The van der Waals surface area contributed by atoms with Gasteiger partial charge in [0, 0.05) is 18.0 Å². The molecule has 94 valence electrons. The van der Waals surface area contributed by atoms with Crippen LogP contribution in [-0.2, 0) is 0 Å². The molecule has 4 heteroatoms. The van der Waals surface area contributed by atoms with Gasteiger partial charge in [0.05, 0.1) is 20.8 Å². The minimum Gasteiger partial charge on any atom is -0.497 e. The SMILES string of the molecule is COc1cc(OC)cc([C@@H]2CCN[C@H]2CO)c1. The highest BCUT2D eigenvalue weighted by Gasteiger charge is 2.28. The first kappa shape index (κ1) is 12.2. The first-order chi connectivity index (χ1) is 8.28. The van der Waals surface area contributed by atoms with Gasteiger partial charge < -0.3 is 19.9 Å². The molecule has 1 heterocycles. The highest BCUT2D eigenvalue weighted by atomic mass is 16.5. The van der Waals surface area contributed by atoms with E-state index in [9.17, 15) is 5.11 Å². The molecular weight excluding hydrogens is 218 g/mol. The van der Waals surface area contributed by atoms with Gasteiger partial charge in [0.2, 0.25) is 0 Å². The fraction of sp³-hybridized carbons (Fsp3) is 0.538. The Morgan fingerprint density at radius 1 is 1.24 bits per heavy atom. The van der Waals surface area contributed by atoms with Crippen LogP contribution in [0.2, 0.25) is 0 Å². The van der Waals surface area contributed by atoms with E-state index in [0.29, 0.717) is 5.92 Å². The van der Waals surface area contributed by atoms with Crippen LogP contribution in [0.15, 0.2) is 18.2 Å². The van der Waals surface area contributed by atoms with Crippen LogP contribution in [0.1, 0.15) is 17.9 Å². The van der Waals surface area contributed by atoms with Crippen LogP contribution in [-0.4, -0.2) is 38.5 Å². The summed E-state index contributed by atoms with van der Waals surface area (Å²) in [5.41, 5.74) is 1.16. The van der Waals surface area contributed by atoms with Gasteiger partial charge in [-0.25, -0.2) is 0 Å². The van der Waals surface area contributed by atoms with Crippen molar-refractivity contribution in [3.05, 3.63) is 23.8 Å². The number of hydrogen-bond donors (Lipinski definition) is 2. The van der Waals surface area contributed by atoms with E-state index in [2.05, 4.69) is 5.32 Å². The molecule has 0 saturated carbocycles. The zero-order chi connectivity index (χ0) is 12.3. The van der Waals surface area contributed by atoms with Crippen molar-refractivity contribution in [2.75, 3.05) is 27.4 Å². The van der Waals surface area contributed by atoms with Gasteiger partial charge in [-0.1, -0.05) is 0 Å². The fourth-order valence-electron chi connectivity index (χ4n) is 2.40. The Morgan fingerprint density at radius 2 is 1.88 bits per heavy atom. The van der Waals surface area contributed by atoms with E-state index in [4.69, 9.17) is 9.47 Å². The number of methoxy groups -OCH3 is 2. The molecule has 0 bridgehead atoms. The topological polar surface area (TPSA) is 50.7 Å². The van der Waals surface area contributed by atoms with E-state index < -0.39 is 0 Å². The van der Waals surface area contributed by atoms with E-state index in [1.165, 1.54) is 0 Å². The molecule has 0 radical (unpaired) electrons. The summed E-state index contributed by atoms with van der Waals surface area (Å²) in [4.78, 5) is 0. The van der Waals surface area contributed by atoms with Crippen molar-refractivity contribution in [1.29, 1.82) is 0 Å². The molecule has 1 aliphatic rings. The molecule has 4 nitrogen and oxygen atoms in total. The van der Waals surface area contributed by atoms with Crippen molar-refractivity contribution < 1.29 is 14.6 Å². The summed E-state index contributed by atoms with van der Waals surface area (Å²) in [5.74, 6) is 1.91. The van der Waals surface area contributed by atoms with Gasteiger partial charge in [-0.2, -0.15) is 0 Å². The second-order valence-electron chi connectivity index (χ2n) is 4.28. The molecule has 2 N–H and O–H groups in total. The monoisotopic (exact) mass is 237 g/mol. The van der Waals surface area contributed by atoms with E-state index in [0.717, 1.165) is 30.0 Å². The Hall–Kier alpha value is -1.26. The van der Waals surface area contributed by atoms with Crippen molar-refractivity contribution in [1.82, 2.24) is 5.32 Å². The van der Waals surface area contributed by atoms with E-state index >= 15 is 0 Å². The van der Waals surface area contributed by atoms with Crippen molar-refractivity contribution in [3.63, 3.8) is 0 Å². The van der Waals surface area contributed by atoms with Crippen LogP contribution in [0, 0.1) is 0 Å². The summed E-state index contributed by atoms with van der Waals surface area (Å²) in [7, 11) is 3.30. The predicted molar refractivity (Wildman–Crippen MR) is 65.8 cm³/mol. The second kappa shape index (κ2) is 5.38. The quantitative estimate of drug-likeness (QED) is 0.824. The third kappa shape index (κ3) is 2.53. The lowest BCUT2D eigenvalue weighted by Crippen LogP contribution is -2.29. The molecule has 2 atom stereocenters. The molecule has 1 aromatic rings. The number of aliphatic hydroxyl groups is 1. The lowest BCUT2D eigenvalue weighted by atomic mass is 9.92. The molecule has 0 unspecified atom stereocenters. The molecule has 0 aliphatic carbocycles. The van der Waals surface area contributed by atoms with Gasteiger partial charge in [0.25, 0.3) is 0 Å². The molecule has 1 fully saturated rings. The zero-order valence-electron chi connectivity index (χ0n) is 10.3. The summed E-state index contributed by atoms with van der Waals surface area (Å²) in [6, 6.07) is 6.03. The minimum atomic E-state index is 0.131. The van der Waals surface area contributed by atoms with E-state index in [-0.39, 0.29) is 12.6 Å². The van der Waals surface area contributed by atoms with Gasteiger partial charge in [0.1, 0.15) is 11.5 Å². The minimum absolute atomic E-state index is 0.131.